The molecule has 0 atom stereocenters. The Balaban J connectivity index is 0. The van der Waals surface area contributed by atoms with Crippen LogP contribution in [0.15, 0.2) is 0 Å². The van der Waals surface area contributed by atoms with Crippen molar-refractivity contribution in [2.24, 2.45) is 5.41 Å². The molecule has 63 valence electrons. The van der Waals surface area contributed by atoms with Crippen LogP contribution in [0.3, 0.4) is 0 Å². The van der Waals surface area contributed by atoms with Crippen LogP contribution >= 0.6 is 0 Å². The highest BCUT2D eigenvalue weighted by Crippen LogP contribution is 2.21. The van der Waals surface area contributed by atoms with Crippen molar-refractivity contribution in [3.8, 4) is 0 Å². The molecule has 0 bridgehead atoms. The zero-order chi connectivity index (χ0) is 7.33. The molecule has 0 saturated heterocycles. The molecule has 0 spiro atoms. The van der Waals surface area contributed by atoms with Gasteiger partial charge in [0.05, 0.1) is 0 Å². The van der Waals surface area contributed by atoms with Gasteiger partial charge in [0.1, 0.15) is 0 Å². The van der Waals surface area contributed by atoms with Gasteiger partial charge in [0.2, 0.25) is 0 Å². The van der Waals surface area contributed by atoms with Gasteiger partial charge < -0.3 is 6.15 Å². The quantitative estimate of drug-likeness (QED) is 0.603. The number of unbranched alkanes of at least 4 members (excludes halogenated alkanes) is 2. The van der Waals surface area contributed by atoms with E-state index >= 15 is 0 Å². The van der Waals surface area contributed by atoms with E-state index in [4.69, 9.17) is 0 Å². The standard InChI is InChI=1S/C9H19.H3N/c1-5-6-7-8-9(2,3)4;/h1,5-8H2,2-4H3;1H3. The Morgan fingerprint density at radius 3 is 1.90 bits per heavy atom. The summed E-state index contributed by atoms with van der Waals surface area (Å²) in [5, 5.41) is 0. The fourth-order valence-electron chi connectivity index (χ4n) is 0.832. The summed E-state index contributed by atoms with van der Waals surface area (Å²) < 4.78 is 0. The Morgan fingerprint density at radius 2 is 1.60 bits per heavy atom. The molecule has 3 N–H and O–H groups in total. The molecule has 1 radical (unpaired) electrons. The Labute approximate surface area is 65.8 Å². The van der Waals surface area contributed by atoms with E-state index in [1.54, 1.807) is 0 Å². The topological polar surface area (TPSA) is 35.0 Å². The number of hydrogen-bond acceptors (Lipinski definition) is 1. The first-order valence-corrected chi connectivity index (χ1v) is 3.85. The van der Waals surface area contributed by atoms with Gasteiger partial charge in [-0.05, 0) is 11.8 Å². The van der Waals surface area contributed by atoms with Crippen LogP contribution in [0, 0.1) is 12.3 Å². The molecule has 0 aliphatic heterocycles. The van der Waals surface area contributed by atoms with Crippen molar-refractivity contribution in [3.05, 3.63) is 6.92 Å². The fourth-order valence-corrected chi connectivity index (χ4v) is 0.832. The predicted molar refractivity (Wildman–Crippen MR) is 48.3 cm³/mol. The molecule has 0 aromatic rings. The second-order valence-corrected chi connectivity index (χ2v) is 3.87. The van der Waals surface area contributed by atoms with E-state index in [1.807, 2.05) is 0 Å². The van der Waals surface area contributed by atoms with E-state index in [2.05, 4.69) is 27.7 Å². The van der Waals surface area contributed by atoms with Crippen LogP contribution in [0.2, 0.25) is 0 Å². The Bertz CT molecular complexity index is 61.6. The van der Waals surface area contributed by atoms with Gasteiger partial charge in [0, 0.05) is 0 Å². The van der Waals surface area contributed by atoms with Gasteiger partial charge in [-0.15, -0.1) is 0 Å². The normalized spacial score (nSPS) is 10.8. The van der Waals surface area contributed by atoms with Crippen molar-refractivity contribution in [2.75, 3.05) is 0 Å². The van der Waals surface area contributed by atoms with Crippen LogP contribution in [0.4, 0.5) is 0 Å². The van der Waals surface area contributed by atoms with Crippen LogP contribution in [0.25, 0.3) is 0 Å². The Morgan fingerprint density at radius 1 is 1.10 bits per heavy atom. The predicted octanol–water partition coefficient (Wildman–Crippen LogP) is 3.59. The van der Waals surface area contributed by atoms with Gasteiger partial charge in [-0.2, -0.15) is 0 Å². The monoisotopic (exact) mass is 144 g/mol. The van der Waals surface area contributed by atoms with Crippen LogP contribution in [0.1, 0.15) is 46.5 Å². The molecule has 0 aliphatic carbocycles. The number of rotatable bonds is 3. The molecular formula is C9H22N. The average Bonchev–Trinajstić information content (AvgIpc) is 1.63. The lowest BCUT2D eigenvalue weighted by atomic mass is 9.90. The zero-order valence-corrected chi connectivity index (χ0v) is 7.74. The first kappa shape index (κ1) is 12.6. The molecule has 0 unspecified atom stereocenters. The van der Waals surface area contributed by atoms with Crippen molar-refractivity contribution in [3.63, 3.8) is 0 Å². The maximum absolute atomic E-state index is 3.81. The highest BCUT2D eigenvalue weighted by atomic mass is 14.1. The summed E-state index contributed by atoms with van der Waals surface area (Å²) in [5.74, 6) is 0. The van der Waals surface area contributed by atoms with Gasteiger partial charge >= 0.3 is 0 Å². The second kappa shape index (κ2) is 5.72. The molecule has 0 heterocycles. The SMILES string of the molecule is N.[CH2]CCCCC(C)(C)C. The van der Waals surface area contributed by atoms with Crippen LogP contribution < -0.4 is 6.15 Å². The molecule has 1 nitrogen and oxygen atoms in total. The zero-order valence-electron chi connectivity index (χ0n) is 7.74. The maximum atomic E-state index is 3.81. The number of hydrogen-bond donors (Lipinski definition) is 1. The maximum Gasteiger partial charge on any atom is -0.0383 e. The minimum atomic E-state index is 0. The molecule has 0 rings (SSSR count). The first-order valence-electron chi connectivity index (χ1n) is 3.85. The molecule has 0 fully saturated rings. The van der Waals surface area contributed by atoms with E-state index in [0.29, 0.717) is 5.41 Å². The van der Waals surface area contributed by atoms with E-state index in [0.717, 1.165) is 6.42 Å². The van der Waals surface area contributed by atoms with Gasteiger partial charge in [-0.1, -0.05) is 47.0 Å². The summed E-state index contributed by atoms with van der Waals surface area (Å²) in [4.78, 5) is 0. The third kappa shape index (κ3) is 10.9. The Kier molecular flexibility index (Phi) is 7.22. The van der Waals surface area contributed by atoms with Crippen molar-refractivity contribution in [1.82, 2.24) is 6.15 Å². The van der Waals surface area contributed by atoms with Crippen molar-refractivity contribution < 1.29 is 0 Å². The highest BCUT2D eigenvalue weighted by Gasteiger charge is 2.07. The molecule has 0 aromatic carbocycles. The second-order valence-electron chi connectivity index (χ2n) is 3.87. The molecule has 10 heavy (non-hydrogen) atoms. The first-order chi connectivity index (χ1) is 4.06. The van der Waals surface area contributed by atoms with Crippen LogP contribution in [-0.2, 0) is 0 Å². The van der Waals surface area contributed by atoms with E-state index in [9.17, 15) is 0 Å². The molecule has 1 heteroatoms. The van der Waals surface area contributed by atoms with Gasteiger partial charge in [0.25, 0.3) is 0 Å². The van der Waals surface area contributed by atoms with Gasteiger partial charge in [0.15, 0.2) is 0 Å². The van der Waals surface area contributed by atoms with Crippen molar-refractivity contribution in [2.45, 2.75) is 46.5 Å². The van der Waals surface area contributed by atoms with Gasteiger partial charge in [-0.3, -0.25) is 0 Å². The van der Waals surface area contributed by atoms with Crippen LogP contribution in [0.5, 0.6) is 0 Å². The smallest absolute Gasteiger partial charge is 0.0383 e. The molecule has 0 aliphatic rings. The van der Waals surface area contributed by atoms with Gasteiger partial charge in [-0.25, -0.2) is 0 Å². The third-order valence-electron chi connectivity index (χ3n) is 1.43. The third-order valence-corrected chi connectivity index (χ3v) is 1.43. The lowest BCUT2D eigenvalue weighted by Crippen LogP contribution is -2.03. The minimum absolute atomic E-state index is 0. The van der Waals surface area contributed by atoms with E-state index in [-0.39, 0.29) is 6.15 Å². The molecule has 0 saturated carbocycles. The highest BCUT2D eigenvalue weighted by molar-refractivity contribution is 4.60. The molecule has 0 amide bonds. The summed E-state index contributed by atoms with van der Waals surface area (Å²) in [5.41, 5.74) is 0.523. The van der Waals surface area contributed by atoms with Crippen molar-refractivity contribution >= 4 is 0 Å². The summed E-state index contributed by atoms with van der Waals surface area (Å²) in [6.07, 6.45) is 5.06. The minimum Gasteiger partial charge on any atom is -0.344 e. The largest absolute Gasteiger partial charge is 0.344 e. The fraction of sp³-hybridized carbons (Fsp3) is 0.889. The van der Waals surface area contributed by atoms with E-state index in [1.165, 1.54) is 19.3 Å². The average molecular weight is 144 g/mol. The summed E-state index contributed by atoms with van der Waals surface area (Å²) >= 11 is 0. The summed E-state index contributed by atoms with van der Waals surface area (Å²) in [6.45, 7) is 10.7. The Hall–Kier alpha value is -0.0400. The van der Waals surface area contributed by atoms with Crippen LogP contribution in [-0.4, -0.2) is 0 Å². The molecular weight excluding hydrogens is 122 g/mol. The summed E-state index contributed by atoms with van der Waals surface area (Å²) in [7, 11) is 0. The lowest BCUT2D eigenvalue weighted by Gasteiger charge is -2.16. The summed E-state index contributed by atoms with van der Waals surface area (Å²) in [6, 6.07) is 0. The van der Waals surface area contributed by atoms with E-state index < -0.39 is 0 Å². The lowest BCUT2D eigenvalue weighted by molar-refractivity contribution is 0.361. The molecule has 0 aromatic heterocycles. The van der Waals surface area contributed by atoms with Crippen molar-refractivity contribution in [1.29, 1.82) is 0 Å².